The minimum atomic E-state index is -0.203. The van der Waals surface area contributed by atoms with Crippen LogP contribution in [-0.4, -0.2) is 16.2 Å². The van der Waals surface area contributed by atoms with Crippen molar-refractivity contribution in [3.8, 4) is 0 Å². The van der Waals surface area contributed by atoms with Crippen LogP contribution in [0.3, 0.4) is 0 Å². The average Bonchev–Trinajstić information content (AvgIpc) is 2.25. The molecule has 1 aromatic heterocycles. The first-order chi connectivity index (χ1) is 7.78. The van der Waals surface area contributed by atoms with E-state index < -0.39 is 0 Å². The zero-order chi connectivity index (χ0) is 11.4. The van der Waals surface area contributed by atoms with Crippen molar-refractivity contribution in [2.24, 2.45) is 5.92 Å². The van der Waals surface area contributed by atoms with Crippen LogP contribution >= 0.6 is 0 Å². The lowest BCUT2D eigenvalue weighted by atomic mass is 9.81. The molecular formula is C14H21NO. The molecule has 0 aliphatic heterocycles. The molecule has 1 aromatic rings. The van der Waals surface area contributed by atoms with Crippen molar-refractivity contribution in [1.82, 2.24) is 4.98 Å². The number of aliphatic hydroxyl groups is 1. The van der Waals surface area contributed by atoms with Crippen LogP contribution in [-0.2, 0) is 12.8 Å². The van der Waals surface area contributed by atoms with Crippen molar-refractivity contribution in [2.75, 3.05) is 0 Å². The summed E-state index contributed by atoms with van der Waals surface area (Å²) < 4.78 is 0. The molecule has 88 valence electrons. The van der Waals surface area contributed by atoms with Crippen LogP contribution in [0.4, 0.5) is 0 Å². The van der Waals surface area contributed by atoms with E-state index in [9.17, 15) is 5.11 Å². The summed E-state index contributed by atoms with van der Waals surface area (Å²) in [5.74, 6) is 0.768. The summed E-state index contributed by atoms with van der Waals surface area (Å²) in [5, 5.41) is 9.92. The van der Waals surface area contributed by atoms with Crippen molar-refractivity contribution >= 4 is 0 Å². The molecular weight excluding hydrogens is 198 g/mol. The van der Waals surface area contributed by atoms with E-state index >= 15 is 0 Å². The molecule has 0 saturated heterocycles. The predicted octanol–water partition coefficient (Wildman–Crippen LogP) is 2.74. The lowest BCUT2D eigenvalue weighted by molar-refractivity contribution is 0.117. The van der Waals surface area contributed by atoms with Crippen LogP contribution < -0.4 is 0 Å². The van der Waals surface area contributed by atoms with Crippen LogP contribution in [0, 0.1) is 5.92 Å². The van der Waals surface area contributed by atoms with E-state index in [4.69, 9.17) is 0 Å². The number of hydrogen-bond donors (Lipinski definition) is 1. The monoisotopic (exact) mass is 219 g/mol. The van der Waals surface area contributed by atoms with Gasteiger partial charge in [0.05, 0.1) is 6.10 Å². The number of aromatic nitrogens is 1. The van der Waals surface area contributed by atoms with Gasteiger partial charge in [0.25, 0.3) is 0 Å². The van der Waals surface area contributed by atoms with E-state index in [0.717, 1.165) is 24.5 Å². The molecule has 0 spiro atoms. The van der Waals surface area contributed by atoms with E-state index in [1.807, 2.05) is 12.3 Å². The van der Waals surface area contributed by atoms with Gasteiger partial charge >= 0.3 is 0 Å². The van der Waals surface area contributed by atoms with Crippen LogP contribution in [0.2, 0.25) is 0 Å². The summed E-state index contributed by atoms with van der Waals surface area (Å²) in [4.78, 5) is 4.38. The van der Waals surface area contributed by atoms with Gasteiger partial charge in [0.15, 0.2) is 0 Å². The second-order valence-electron chi connectivity index (χ2n) is 4.90. The van der Waals surface area contributed by atoms with Gasteiger partial charge in [-0.2, -0.15) is 0 Å². The molecule has 1 aliphatic rings. The Morgan fingerprint density at radius 3 is 2.75 bits per heavy atom. The molecule has 0 amide bonds. The smallest absolute Gasteiger partial charge is 0.0598 e. The summed E-state index contributed by atoms with van der Waals surface area (Å²) >= 11 is 0. The molecule has 1 fully saturated rings. The van der Waals surface area contributed by atoms with E-state index in [0.29, 0.717) is 6.42 Å². The molecule has 16 heavy (non-hydrogen) atoms. The summed E-state index contributed by atoms with van der Waals surface area (Å²) in [6.07, 6.45) is 8.37. The maximum absolute atomic E-state index is 9.92. The lowest BCUT2D eigenvalue weighted by Gasteiger charge is -2.27. The zero-order valence-corrected chi connectivity index (χ0v) is 10.0. The van der Waals surface area contributed by atoms with Crippen molar-refractivity contribution in [3.63, 3.8) is 0 Å². The molecule has 1 saturated carbocycles. The molecule has 2 nitrogen and oxygen atoms in total. The molecule has 1 N–H and O–H groups in total. The van der Waals surface area contributed by atoms with Crippen LogP contribution in [0.25, 0.3) is 0 Å². The molecule has 1 atom stereocenters. The number of pyridine rings is 1. The number of aliphatic hydroxyl groups excluding tert-OH is 1. The third kappa shape index (κ3) is 3.05. The predicted molar refractivity (Wildman–Crippen MR) is 65.3 cm³/mol. The molecule has 0 aromatic carbocycles. The van der Waals surface area contributed by atoms with Crippen LogP contribution in [0.5, 0.6) is 0 Å². The van der Waals surface area contributed by atoms with Gasteiger partial charge in [0, 0.05) is 18.3 Å². The summed E-state index contributed by atoms with van der Waals surface area (Å²) in [6, 6.07) is 4.15. The Balaban J connectivity index is 1.82. The van der Waals surface area contributed by atoms with E-state index in [1.54, 1.807) is 0 Å². The fourth-order valence-corrected chi connectivity index (χ4v) is 2.22. The number of rotatable bonds is 5. The zero-order valence-electron chi connectivity index (χ0n) is 10.0. The molecule has 1 unspecified atom stereocenters. The molecule has 0 bridgehead atoms. The van der Waals surface area contributed by atoms with Crippen molar-refractivity contribution < 1.29 is 5.11 Å². The Kier molecular flexibility index (Phi) is 3.94. The highest BCUT2D eigenvalue weighted by Gasteiger charge is 2.21. The van der Waals surface area contributed by atoms with Gasteiger partial charge in [-0.05, 0) is 30.4 Å². The lowest BCUT2D eigenvalue weighted by Crippen LogP contribution is -2.21. The van der Waals surface area contributed by atoms with E-state index in [-0.39, 0.29) is 6.10 Å². The number of hydrogen-bond acceptors (Lipinski definition) is 2. The molecule has 0 radical (unpaired) electrons. The van der Waals surface area contributed by atoms with Crippen LogP contribution in [0.15, 0.2) is 18.3 Å². The Morgan fingerprint density at radius 2 is 2.25 bits per heavy atom. The third-order valence-electron chi connectivity index (χ3n) is 3.57. The summed E-state index contributed by atoms with van der Waals surface area (Å²) in [6.45, 7) is 2.13. The Hall–Kier alpha value is -0.890. The second-order valence-corrected chi connectivity index (χ2v) is 4.90. The van der Waals surface area contributed by atoms with E-state index in [1.165, 1.54) is 24.8 Å². The molecule has 1 heterocycles. The normalized spacial score (nSPS) is 18.1. The standard InChI is InChI=1S/C14H21NO/c1-2-11-6-7-13(15-10-11)9-14(16)8-12-4-3-5-12/h6-7,10,12,14,16H,2-5,8-9H2,1H3. The van der Waals surface area contributed by atoms with Gasteiger partial charge in [-0.15, -0.1) is 0 Å². The first kappa shape index (κ1) is 11.6. The fourth-order valence-electron chi connectivity index (χ4n) is 2.22. The van der Waals surface area contributed by atoms with Crippen molar-refractivity contribution in [1.29, 1.82) is 0 Å². The first-order valence-electron chi connectivity index (χ1n) is 6.39. The molecule has 2 rings (SSSR count). The highest BCUT2D eigenvalue weighted by Crippen LogP contribution is 2.30. The largest absolute Gasteiger partial charge is 0.393 e. The van der Waals surface area contributed by atoms with Gasteiger partial charge in [-0.3, -0.25) is 4.98 Å². The topological polar surface area (TPSA) is 33.1 Å². The quantitative estimate of drug-likeness (QED) is 0.826. The van der Waals surface area contributed by atoms with Gasteiger partial charge < -0.3 is 5.11 Å². The second kappa shape index (κ2) is 5.44. The summed E-state index contributed by atoms with van der Waals surface area (Å²) in [7, 11) is 0. The Labute approximate surface area is 97.7 Å². The van der Waals surface area contributed by atoms with Crippen molar-refractivity contribution in [2.45, 2.75) is 51.6 Å². The van der Waals surface area contributed by atoms with Crippen LogP contribution in [0.1, 0.15) is 43.9 Å². The van der Waals surface area contributed by atoms with E-state index in [2.05, 4.69) is 18.0 Å². The van der Waals surface area contributed by atoms with Crippen molar-refractivity contribution in [3.05, 3.63) is 29.6 Å². The third-order valence-corrected chi connectivity index (χ3v) is 3.57. The minimum absolute atomic E-state index is 0.203. The first-order valence-corrected chi connectivity index (χ1v) is 6.39. The fraction of sp³-hybridized carbons (Fsp3) is 0.643. The van der Waals surface area contributed by atoms with Gasteiger partial charge in [0.1, 0.15) is 0 Å². The Morgan fingerprint density at radius 1 is 1.44 bits per heavy atom. The molecule has 2 heteroatoms. The highest BCUT2D eigenvalue weighted by atomic mass is 16.3. The number of aryl methyl sites for hydroxylation is 1. The Bertz CT molecular complexity index is 316. The summed E-state index contributed by atoms with van der Waals surface area (Å²) in [5.41, 5.74) is 2.28. The average molecular weight is 219 g/mol. The maximum atomic E-state index is 9.92. The maximum Gasteiger partial charge on any atom is 0.0598 e. The SMILES string of the molecule is CCc1ccc(CC(O)CC2CCC2)nc1. The highest BCUT2D eigenvalue weighted by molar-refractivity contribution is 5.14. The number of nitrogens with zero attached hydrogens (tertiary/aromatic N) is 1. The minimum Gasteiger partial charge on any atom is -0.393 e. The van der Waals surface area contributed by atoms with Gasteiger partial charge in [-0.1, -0.05) is 32.3 Å². The van der Waals surface area contributed by atoms with Gasteiger partial charge in [-0.25, -0.2) is 0 Å². The molecule has 1 aliphatic carbocycles. The van der Waals surface area contributed by atoms with Gasteiger partial charge in [0.2, 0.25) is 0 Å².